The Morgan fingerprint density at radius 1 is 1.03 bits per heavy atom. The molecule has 0 saturated heterocycles. The van der Waals surface area contributed by atoms with E-state index in [1.54, 1.807) is 7.05 Å². The molecule has 3 N–H and O–H groups in total. The minimum Gasteiger partial charge on any atom is -0.396 e. The molecule has 1 aromatic heterocycles. The highest BCUT2D eigenvalue weighted by atomic mass is 16.3. The third-order valence-electron chi connectivity index (χ3n) is 5.11. The molecule has 1 heterocycles. The number of nitrogens with one attached hydrogen (secondary N) is 2. The highest BCUT2D eigenvalue weighted by Gasteiger charge is 2.14. The summed E-state index contributed by atoms with van der Waals surface area (Å²) in [5.41, 5.74) is 5.41. The van der Waals surface area contributed by atoms with Gasteiger partial charge in [-0.1, -0.05) is 48.5 Å². The summed E-state index contributed by atoms with van der Waals surface area (Å²) in [5, 5.41) is 21.1. The molecule has 1 atom stereocenters. The van der Waals surface area contributed by atoms with Crippen molar-refractivity contribution in [1.29, 1.82) is 0 Å². The molecule has 0 bridgehead atoms. The van der Waals surface area contributed by atoms with E-state index in [0.717, 1.165) is 28.2 Å². The van der Waals surface area contributed by atoms with E-state index in [2.05, 4.69) is 34.7 Å². The zero-order chi connectivity index (χ0) is 20.6. The minimum absolute atomic E-state index is 0.0130. The Balaban J connectivity index is 1.63. The van der Waals surface area contributed by atoms with Crippen LogP contribution in [0.25, 0.3) is 5.69 Å². The zero-order valence-corrected chi connectivity index (χ0v) is 17.3. The fourth-order valence-corrected chi connectivity index (χ4v) is 3.38. The van der Waals surface area contributed by atoms with Crippen molar-refractivity contribution in [2.75, 3.05) is 20.2 Å². The molecule has 0 aliphatic heterocycles. The van der Waals surface area contributed by atoms with Crippen molar-refractivity contribution < 1.29 is 5.11 Å². The number of benzene rings is 2. The second-order valence-electron chi connectivity index (χ2n) is 6.99. The molecule has 0 aliphatic rings. The summed E-state index contributed by atoms with van der Waals surface area (Å²) in [6.45, 7) is 5.41. The van der Waals surface area contributed by atoms with Crippen LogP contribution in [0.15, 0.2) is 65.7 Å². The van der Waals surface area contributed by atoms with Gasteiger partial charge in [-0.3, -0.25) is 4.99 Å². The minimum atomic E-state index is 0.0130. The van der Waals surface area contributed by atoms with Crippen molar-refractivity contribution >= 4 is 5.96 Å². The first-order valence-electron chi connectivity index (χ1n) is 9.85. The number of aliphatic hydroxyl groups excluding tert-OH is 1. The quantitative estimate of drug-likeness (QED) is 0.428. The Morgan fingerprint density at radius 2 is 1.69 bits per heavy atom. The van der Waals surface area contributed by atoms with Gasteiger partial charge < -0.3 is 15.7 Å². The molecule has 2 aromatic carbocycles. The third-order valence-corrected chi connectivity index (χ3v) is 5.11. The van der Waals surface area contributed by atoms with Gasteiger partial charge in [0.2, 0.25) is 0 Å². The van der Waals surface area contributed by atoms with Gasteiger partial charge in [-0.05, 0) is 31.5 Å². The van der Waals surface area contributed by atoms with Crippen LogP contribution in [0.5, 0.6) is 0 Å². The Kier molecular flexibility index (Phi) is 7.03. The van der Waals surface area contributed by atoms with Crippen molar-refractivity contribution in [3.05, 3.63) is 83.2 Å². The first kappa shape index (κ1) is 20.6. The van der Waals surface area contributed by atoms with Gasteiger partial charge in [0.25, 0.3) is 0 Å². The summed E-state index contributed by atoms with van der Waals surface area (Å²) in [7, 11) is 1.75. The van der Waals surface area contributed by atoms with E-state index in [1.807, 2.05) is 60.1 Å². The molecule has 0 amide bonds. The Hall–Kier alpha value is -3.12. The number of nitrogens with zero attached hydrogens (tertiary/aromatic N) is 3. The number of aliphatic imine (C=N–C) groups is 1. The molecule has 0 fully saturated rings. The van der Waals surface area contributed by atoms with Gasteiger partial charge in [0, 0.05) is 37.3 Å². The van der Waals surface area contributed by atoms with Crippen LogP contribution in [0.1, 0.15) is 28.4 Å². The second-order valence-corrected chi connectivity index (χ2v) is 6.99. The number of para-hydroxylation sites is 1. The SMILES string of the molecule is CN=C(NCc1c(C)nn(-c2ccccc2)c1C)NCC(CO)c1ccccc1. The molecule has 152 valence electrons. The summed E-state index contributed by atoms with van der Waals surface area (Å²) < 4.78 is 1.97. The van der Waals surface area contributed by atoms with E-state index >= 15 is 0 Å². The normalized spacial score (nSPS) is 12.6. The molecule has 1 unspecified atom stereocenters. The number of aryl methyl sites for hydroxylation is 1. The van der Waals surface area contributed by atoms with Crippen LogP contribution in [0, 0.1) is 13.8 Å². The van der Waals surface area contributed by atoms with Gasteiger partial charge >= 0.3 is 0 Å². The molecule has 0 aliphatic carbocycles. The molecule has 3 aromatic rings. The van der Waals surface area contributed by atoms with Crippen molar-refractivity contribution in [2.45, 2.75) is 26.3 Å². The summed E-state index contributed by atoms with van der Waals surface area (Å²) in [5.74, 6) is 0.713. The molecule has 6 nitrogen and oxygen atoms in total. The van der Waals surface area contributed by atoms with Crippen LogP contribution in [0.2, 0.25) is 0 Å². The van der Waals surface area contributed by atoms with Gasteiger partial charge in [-0.25, -0.2) is 4.68 Å². The van der Waals surface area contributed by atoms with Gasteiger partial charge in [0.1, 0.15) is 0 Å². The van der Waals surface area contributed by atoms with Crippen molar-refractivity contribution in [2.24, 2.45) is 4.99 Å². The number of rotatable bonds is 7. The van der Waals surface area contributed by atoms with Crippen LogP contribution in [0.4, 0.5) is 0 Å². The molecular formula is C23H29N5O. The monoisotopic (exact) mass is 391 g/mol. The summed E-state index contributed by atoms with van der Waals surface area (Å²) >= 11 is 0. The Labute approximate surface area is 172 Å². The maximum Gasteiger partial charge on any atom is 0.191 e. The Bertz CT molecular complexity index is 935. The van der Waals surface area contributed by atoms with Crippen LogP contribution in [-0.2, 0) is 6.54 Å². The van der Waals surface area contributed by atoms with Crippen LogP contribution < -0.4 is 10.6 Å². The molecule has 0 saturated carbocycles. The fourth-order valence-electron chi connectivity index (χ4n) is 3.38. The molecular weight excluding hydrogens is 362 g/mol. The standard InChI is InChI=1S/C23H29N5O/c1-17-22(18(2)28(27-17)21-12-8-5-9-13-21)15-26-23(24-3)25-14-20(16-29)19-10-6-4-7-11-19/h4-13,20,29H,14-16H2,1-3H3,(H2,24,25,26). The molecule has 29 heavy (non-hydrogen) atoms. The van der Waals surface area contributed by atoms with E-state index < -0.39 is 0 Å². The van der Waals surface area contributed by atoms with E-state index in [-0.39, 0.29) is 12.5 Å². The van der Waals surface area contributed by atoms with Crippen LogP contribution >= 0.6 is 0 Å². The van der Waals surface area contributed by atoms with Crippen LogP contribution in [-0.4, -0.2) is 41.0 Å². The molecule has 3 rings (SSSR count). The summed E-state index contributed by atoms with van der Waals surface area (Å²) in [6, 6.07) is 20.1. The highest BCUT2D eigenvalue weighted by molar-refractivity contribution is 5.79. The number of hydrogen-bond donors (Lipinski definition) is 3. The van der Waals surface area contributed by atoms with E-state index in [4.69, 9.17) is 5.10 Å². The predicted molar refractivity (Wildman–Crippen MR) is 118 cm³/mol. The lowest BCUT2D eigenvalue weighted by Crippen LogP contribution is -2.39. The first-order chi connectivity index (χ1) is 14.1. The third kappa shape index (κ3) is 5.03. The second kappa shape index (κ2) is 9.89. The number of hydrogen-bond acceptors (Lipinski definition) is 3. The maximum atomic E-state index is 9.75. The van der Waals surface area contributed by atoms with Crippen molar-refractivity contribution in [1.82, 2.24) is 20.4 Å². The lowest BCUT2D eigenvalue weighted by molar-refractivity contribution is 0.265. The Morgan fingerprint density at radius 3 is 2.31 bits per heavy atom. The van der Waals surface area contributed by atoms with E-state index in [0.29, 0.717) is 19.0 Å². The molecule has 6 heteroatoms. The average molecular weight is 392 g/mol. The van der Waals surface area contributed by atoms with Gasteiger partial charge in [0.15, 0.2) is 5.96 Å². The molecule has 0 radical (unpaired) electrons. The topological polar surface area (TPSA) is 74.5 Å². The summed E-state index contributed by atoms with van der Waals surface area (Å²) in [4.78, 5) is 4.31. The van der Waals surface area contributed by atoms with Gasteiger partial charge in [-0.2, -0.15) is 5.10 Å². The van der Waals surface area contributed by atoms with E-state index in [1.165, 1.54) is 0 Å². The molecule has 0 spiro atoms. The number of aliphatic hydroxyl groups is 1. The predicted octanol–water partition coefficient (Wildman–Crippen LogP) is 2.93. The van der Waals surface area contributed by atoms with E-state index in [9.17, 15) is 5.11 Å². The van der Waals surface area contributed by atoms with Crippen molar-refractivity contribution in [3.63, 3.8) is 0 Å². The van der Waals surface area contributed by atoms with Crippen molar-refractivity contribution in [3.8, 4) is 5.69 Å². The smallest absolute Gasteiger partial charge is 0.191 e. The first-order valence-corrected chi connectivity index (χ1v) is 9.85. The fraction of sp³-hybridized carbons (Fsp3) is 0.304. The number of aromatic nitrogens is 2. The largest absolute Gasteiger partial charge is 0.396 e. The van der Waals surface area contributed by atoms with Gasteiger partial charge in [-0.15, -0.1) is 0 Å². The lowest BCUT2D eigenvalue weighted by Gasteiger charge is -2.18. The van der Waals surface area contributed by atoms with Gasteiger partial charge in [0.05, 0.1) is 18.0 Å². The lowest BCUT2D eigenvalue weighted by atomic mass is 10.0. The maximum absolute atomic E-state index is 9.75. The zero-order valence-electron chi connectivity index (χ0n) is 17.3. The number of guanidine groups is 1. The highest BCUT2D eigenvalue weighted by Crippen LogP contribution is 2.18. The van der Waals surface area contributed by atoms with Crippen LogP contribution in [0.3, 0.4) is 0 Å². The summed E-state index contributed by atoms with van der Waals surface area (Å²) in [6.07, 6.45) is 0. The average Bonchev–Trinajstić information content (AvgIpc) is 3.05.